The minimum Gasteiger partial charge on any atom is -0.348 e. The molecule has 3 rings (SSSR count). The molecule has 128 valence electrons. The molecular weight excluding hydrogens is 320 g/mol. The van der Waals surface area contributed by atoms with Crippen LogP contribution in [0, 0.1) is 5.41 Å². The molecule has 2 aliphatic heterocycles. The van der Waals surface area contributed by atoms with Crippen molar-refractivity contribution in [1.82, 2.24) is 10.2 Å². The maximum atomic E-state index is 12.5. The van der Waals surface area contributed by atoms with E-state index in [1.807, 2.05) is 0 Å². The fraction of sp³-hybridized carbons (Fsp3) is 0.800. The number of amides is 3. The Bertz CT molecular complexity index is 665. The zero-order chi connectivity index (χ0) is 16.9. The number of carbonyl (C=O) groups excluding carboxylic acids is 3. The molecule has 1 atom stereocenters. The summed E-state index contributed by atoms with van der Waals surface area (Å²) in [6.45, 7) is 1.37. The minimum absolute atomic E-state index is 0.0501. The molecule has 0 aromatic rings. The maximum Gasteiger partial charge on any atom is 0.240 e. The van der Waals surface area contributed by atoms with E-state index in [1.165, 1.54) is 0 Å². The lowest BCUT2D eigenvalue weighted by molar-refractivity contribution is -0.145. The Morgan fingerprint density at radius 1 is 1.22 bits per heavy atom. The molecule has 3 aliphatic rings. The van der Waals surface area contributed by atoms with Crippen LogP contribution in [0.1, 0.15) is 45.4 Å². The first-order chi connectivity index (χ1) is 10.6. The Hall–Kier alpha value is -1.44. The van der Waals surface area contributed by atoms with E-state index in [9.17, 15) is 22.8 Å². The van der Waals surface area contributed by atoms with E-state index in [1.54, 1.807) is 6.92 Å². The molecule has 0 aromatic heterocycles. The Kier molecular flexibility index (Phi) is 3.78. The highest BCUT2D eigenvalue weighted by Gasteiger charge is 2.53. The van der Waals surface area contributed by atoms with Crippen LogP contribution in [0.25, 0.3) is 0 Å². The van der Waals surface area contributed by atoms with Gasteiger partial charge in [0.05, 0.1) is 22.5 Å². The van der Waals surface area contributed by atoms with Crippen molar-refractivity contribution in [2.45, 2.75) is 51.0 Å². The fourth-order valence-corrected chi connectivity index (χ4v) is 6.18. The van der Waals surface area contributed by atoms with Crippen molar-refractivity contribution in [3.05, 3.63) is 0 Å². The van der Waals surface area contributed by atoms with Gasteiger partial charge >= 0.3 is 0 Å². The second kappa shape index (κ2) is 5.29. The van der Waals surface area contributed by atoms with Gasteiger partial charge in [0, 0.05) is 6.42 Å². The van der Waals surface area contributed by atoms with Crippen LogP contribution in [0.4, 0.5) is 0 Å². The number of hydrogen-bond donors (Lipinski definition) is 1. The molecule has 0 aromatic carbocycles. The summed E-state index contributed by atoms with van der Waals surface area (Å²) in [7, 11) is -3.13. The molecule has 1 spiro atoms. The number of hydrogen-bond acceptors (Lipinski definition) is 5. The van der Waals surface area contributed by atoms with Crippen LogP contribution in [0.5, 0.6) is 0 Å². The third-order valence-electron chi connectivity index (χ3n) is 5.30. The first kappa shape index (κ1) is 16.4. The van der Waals surface area contributed by atoms with Crippen LogP contribution in [-0.2, 0) is 24.2 Å². The zero-order valence-corrected chi connectivity index (χ0v) is 14.1. The summed E-state index contributed by atoms with van der Waals surface area (Å²) in [5.74, 6) is -1.05. The van der Waals surface area contributed by atoms with Crippen molar-refractivity contribution in [1.29, 1.82) is 0 Å². The highest BCUT2D eigenvalue weighted by atomic mass is 32.2. The molecule has 1 aliphatic carbocycles. The zero-order valence-electron chi connectivity index (χ0n) is 13.3. The van der Waals surface area contributed by atoms with Gasteiger partial charge in [-0.1, -0.05) is 12.8 Å². The van der Waals surface area contributed by atoms with Crippen LogP contribution in [-0.4, -0.2) is 54.6 Å². The Balaban J connectivity index is 1.64. The number of nitrogens with zero attached hydrogens (tertiary/aromatic N) is 1. The summed E-state index contributed by atoms with van der Waals surface area (Å²) in [5, 5.41) is 2.69. The summed E-state index contributed by atoms with van der Waals surface area (Å²) in [4.78, 5) is 37.9. The smallest absolute Gasteiger partial charge is 0.240 e. The number of carbonyl (C=O) groups is 3. The van der Waals surface area contributed by atoms with Crippen molar-refractivity contribution in [2.24, 2.45) is 5.41 Å². The van der Waals surface area contributed by atoms with Gasteiger partial charge in [0.1, 0.15) is 6.54 Å². The average Bonchev–Trinajstić information content (AvgIpc) is 3.06. The van der Waals surface area contributed by atoms with Crippen LogP contribution >= 0.6 is 0 Å². The molecular formula is C15H22N2O5S. The van der Waals surface area contributed by atoms with Crippen molar-refractivity contribution in [3.63, 3.8) is 0 Å². The molecule has 7 nitrogen and oxygen atoms in total. The Labute approximate surface area is 135 Å². The average molecular weight is 342 g/mol. The number of nitrogens with one attached hydrogen (secondary N) is 1. The number of imide groups is 1. The standard InChI is InChI=1S/C15H22N2O5S/c1-14(6-7-23(21,22)10-14)16-11(18)9-17-12(19)8-15(13(17)20)4-2-3-5-15/h2-10H2,1H3,(H,16,18)/t14-/m0/s1. The highest BCUT2D eigenvalue weighted by molar-refractivity contribution is 7.91. The first-order valence-electron chi connectivity index (χ1n) is 8.01. The lowest BCUT2D eigenvalue weighted by Gasteiger charge is -2.26. The molecule has 1 N–H and O–H groups in total. The van der Waals surface area contributed by atoms with Gasteiger partial charge in [-0.15, -0.1) is 0 Å². The van der Waals surface area contributed by atoms with Gasteiger partial charge in [-0.3, -0.25) is 19.3 Å². The van der Waals surface area contributed by atoms with E-state index in [4.69, 9.17) is 0 Å². The topological polar surface area (TPSA) is 101 Å². The van der Waals surface area contributed by atoms with Gasteiger partial charge in [0.25, 0.3) is 0 Å². The summed E-state index contributed by atoms with van der Waals surface area (Å²) < 4.78 is 23.2. The van der Waals surface area contributed by atoms with Crippen LogP contribution in [0.3, 0.4) is 0 Å². The van der Waals surface area contributed by atoms with E-state index < -0.39 is 26.7 Å². The molecule has 3 fully saturated rings. The van der Waals surface area contributed by atoms with Gasteiger partial charge in [0.15, 0.2) is 9.84 Å². The molecule has 1 saturated carbocycles. The van der Waals surface area contributed by atoms with Crippen molar-refractivity contribution in [3.8, 4) is 0 Å². The first-order valence-corrected chi connectivity index (χ1v) is 9.83. The van der Waals surface area contributed by atoms with Crippen LogP contribution in [0.2, 0.25) is 0 Å². The van der Waals surface area contributed by atoms with Gasteiger partial charge in [0.2, 0.25) is 17.7 Å². The quantitative estimate of drug-likeness (QED) is 0.728. The predicted molar refractivity (Wildman–Crippen MR) is 82.1 cm³/mol. The van der Waals surface area contributed by atoms with E-state index in [0.717, 1.165) is 17.7 Å². The van der Waals surface area contributed by atoms with Crippen molar-refractivity contribution in [2.75, 3.05) is 18.1 Å². The monoisotopic (exact) mass is 342 g/mol. The molecule has 23 heavy (non-hydrogen) atoms. The van der Waals surface area contributed by atoms with E-state index in [0.29, 0.717) is 19.3 Å². The number of sulfone groups is 1. The summed E-state index contributed by atoms with van der Waals surface area (Å²) in [5.41, 5.74) is -1.40. The second-order valence-electron chi connectivity index (χ2n) is 7.40. The van der Waals surface area contributed by atoms with E-state index in [2.05, 4.69) is 5.32 Å². The number of likely N-dealkylation sites (tertiary alicyclic amines) is 1. The molecule has 2 saturated heterocycles. The van der Waals surface area contributed by atoms with E-state index >= 15 is 0 Å². The van der Waals surface area contributed by atoms with Crippen LogP contribution < -0.4 is 5.32 Å². The Morgan fingerprint density at radius 3 is 2.43 bits per heavy atom. The molecule has 0 unspecified atom stereocenters. The molecule has 3 amide bonds. The Morgan fingerprint density at radius 2 is 1.87 bits per heavy atom. The third kappa shape index (κ3) is 3.00. The van der Waals surface area contributed by atoms with E-state index in [-0.39, 0.29) is 36.3 Å². The van der Waals surface area contributed by atoms with Gasteiger partial charge in [-0.25, -0.2) is 8.42 Å². The summed E-state index contributed by atoms with van der Waals surface area (Å²) >= 11 is 0. The fourth-order valence-electron chi connectivity index (χ4n) is 4.09. The summed E-state index contributed by atoms with van der Waals surface area (Å²) in [6, 6.07) is 0. The lowest BCUT2D eigenvalue weighted by Crippen LogP contribution is -2.51. The van der Waals surface area contributed by atoms with Gasteiger partial charge < -0.3 is 5.32 Å². The van der Waals surface area contributed by atoms with Crippen molar-refractivity contribution < 1.29 is 22.8 Å². The third-order valence-corrected chi connectivity index (χ3v) is 7.20. The minimum atomic E-state index is -3.13. The van der Waals surface area contributed by atoms with Gasteiger partial charge in [-0.05, 0) is 26.2 Å². The normalized spacial score (nSPS) is 32.0. The highest BCUT2D eigenvalue weighted by Crippen LogP contribution is 2.46. The largest absolute Gasteiger partial charge is 0.348 e. The SMILES string of the molecule is C[C@]1(NC(=O)CN2C(=O)CC3(CCCC3)C2=O)CCS(=O)(=O)C1. The number of rotatable bonds is 3. The molecule has 0 bridgehead atoms. The predicted octanol–water partition coefficient (Wildman–Crippen LogP) is -0.000900. The molecule has 2 heterocycles. The van der Waals surface area contributed by atoms with Crippen molar-refractivity contribution >= 4 is 27.6 Å². The van der Waals surface area contributed by atoms with Gasteiger partial charge in [-0.2, -0.15) is 0 Å². The lowest BCUT2D eigenvalue weighted by atomic mass is 9.84. The van der Waals surface area contributed by atoms with Crippen LogP contribution in [0.15, 0.2) is 0 Å². The second-order valence-corrected chi connectivity index (χ2v) is 9.58. The molecule has 0 radical (unpaired) electrons. The maximum absolute atomic E-state index is 12.5. The molecule has 8 heteroatoms. The summed E-state index contributed by atoms with van der Waals surface area (Å²) in [6.07, 6.45) is 3.86.